The Morgan fingerprint density at radius 3 is 3.07 bits per heavy atom. The number of aryl methyl sites for hydroxylation is 1. The van der Waals surface area contributed by atoms with Crippen molar-refractivity contribution in [2.24, 2.45) is 0 Å². The molecule has 0 saturated heterocycles. The van der Waals surface area contributed by atoms with Gasteiger partial charge in [-0.3, -0.25) is 4.21 Å². The number of aromatic nitrogens is 3. The van der Waals surface area contributed by atoms with E-state index in [4.69, 9.17) is 0 Å². The van der Waals surface area contributed by atoms with Crippen LogP contribution in [0.1, 0.15) is 19.2 Å². The largest absolute Gasteiger partial charge is 0.309 e. The third kappa shape index (κ3) is 4.53. The van der Waals surface area contributed by atoms with Crippen molar-refractivity contribution in [2.45, 2.75) is 26.4 Å². The van der Waals surface area contributed by atoms with Gasteiger partial charge in [-0.15, -0.1) is 0 Å². The molecule has 1 aromatic heterocycles. The van der Waals surface area contributed by atoms with Gasteiger partial charge in [0.1, 0.15) is 12.2 Å². The molecule has 15 heavy (non-hydrogen) atoms. The van der Waals surface area contributed by atoms with Gasteiger partial charge < -0.3 is 5.32 Å². The molecule has 0 aliphatic rings. The van der Waals surface area contributed by atoms with E-state index in [2.05, 4.69) is 22.3 Å². The highest BCUT2D eigenvalue weighted by Crippen LogP contribution is 1.95. The number of nitrogens with one attached hydrogen (secondary N) is 1. The molecule has 86 valence electrons. The number of hydrogen-bond acceptors (Lipinski definition) is 4. The summed E-state index contributed by atoms with van der Waals surface area (Å²) in [6.07, 6.45) is 4.33. The topological polar surface area (TPSA) is 59.8 Å². The van der Waals surface area contributed by atoms with Crippen molar-refractivity contribution in [3.05, 3.63) is 12.2 Å². The summed E-state index contributed by atoms with van der Waals surface area (Å²) in [6, 6.07) is 0. The Labute approximate surface area is 92.7 Å². The summed E-state index contributed by atoms with van der Waals surface area (Å²) in [5.41, 5.74) is 0. The quantitative estimate of drug-likeness (QED) is 0.678. The minimum Gasteiger partial charge on any atom is -0.309 e. The van der Waals surface area contributed by atoms with Crippen molar-refractivity contribution in [3.63, 3.8) is 0 Å². The SMILES string of the molecule is CCCn1ncnc1CNCCS(C)=O. The molecule has 1 aromatic rings. The van der Waals surface area contributed by atoms with Gasteiger partial charge in [0.2, 0.25) is 0 Å². The maximum absolute atomic E-state index is 10.8. The fourth-order valence-electron chi connectivity index (χ4n) is 1.24. The first kappa shape index (κ1) is 12.3. The zero-order valence-electron chi connectivity index (χ0n) is 9.27. The average Bonchev–Trinajstić information content (AvgIpc) is 2.61. The van der Waals surface area contributed by atoms with Crippen molar-refractivity contribution in [1.82, 2.24) is 20.1 Å². The normalized spacial score (nSPS) is 12.9. The highest BCUT2D eigenvalue weighted by molar-refractivity contribution is 7.84. The van der Waals surface area contributed by atoms with E-state index >= 15 is 0 Å². The predicted octanol–water partition coefficient (Wildman–Crippen LogP) is 0.156. The zero-order valence-corrected chi connectivity index (χ0v) is 10.1. The molecule has 5 nitrogen and oxygen atoms in total. The molecule has 1 heterocycles. The minimum atomic E-state index is -0.728. The number of hydrogen-bond donors (Lipinski definition) is 1. The molecule has 0 fully saturated rings. The monoisotopic (exact) mass is 230 g/mol. The Hall–Kier alpha value is -0.750. The number of rotatable bonds is 7. The van der Waals surface area contributed by atoms with E-state index in [9.17, 15) is 4.21 Å². The second-order valence-corrected chi connectivity index (χ2v) is 4.91. The van der Waals surface area contributed by atoms with E-state index in [1.807, 2.05) is 4.68 Å². The smallest absolute Gasteiger partial charge is 0.140 e. The van der Waals surface area contributed by atoms with Crippen LogP contribution in [-0.2, 0) is 23.9 Å². The molecule has 0 radical (unpaired) electrons. The Morgan fingerprint density at radius 1 is 1.60 bits per heavy atom. The van der Waals surface area contributed by atoms with Gasteiger partial charge in [-0.1, -0.05) is 6.92 Å². The lowest BCUT2D eigenvalue weighted by Crippen LogP contribution is -2.22. The first-order chi connectivity index (χ1) is 7.24. The van der Waals surface area contributed by atoms with Gasteiger partial charge in [-0.2, -0.15) is 5.10 Å². The average molecular weight is 230 g/mol. The zero-order chi connectivity index (χ0) is 11.1. The second-order valence-electron chi connectivity index (χ2n) is 3.35. The molecule has 0 saturated carbocycles. The lowest BCUT2D eigenvalue weighted by molar-refractivity contribution is 0.548. The molecule has 0 amide bonds. The molecule has 0 bridgehead atoms. The molecule has 1 N–H and O–H groups in total. The highest BCUT2D eigenvalue weighted by Gasteiger charge is 2.02. The van der Waals surface area contributed by atoms with Gasteiger partial charge in [0.25, 0.3) is 0 Å². The molecule has 0 aromatic carbocycles. The molecule has 0 spiro atoms. The third-order valence-electron chi connectivity index (χ3n) is 1.98. The van der Waals surface area contributed by atoms with Crippen molar-refractivity contribution >= 4 is 10.8 Å². The fourth-order valence-corrected chi connectivity index (χ4v) is 1.67. The van der Waals surface area contributed by atoms with E-state index < -0.39 is 10.8 Å². The van der Waals surface area contributed by atoms with Crippen LogP contribution in [0.5, 0.6) is 0 Å². The van der Waals surface area contributed by atoms with Crippen molar-refractivity contribution in [1.29, 1.82) is 0 Å². The Bertz CT molecular complexity index is 313. The van der Waals surface area contributed by atoms with Crippen LogP contribution in [0.15, 0.2) is 6.33 Å². The molecule has 0 aliphatic heterocycles. The van der Waals surface area contributed by atoms with Crippen LogP contribution < -0.4 is 5.32 Å². The summed E-state index contributed by atoms with van der Waals surface area (Å²) in [4.78, 5) is 4.16. The van der Waals surface area contributed by atoms with Gasteiger partial charge in [-0.05, 0) is 6.42 Å². The van der Waals surface area contributed by atoms with Crippen molar-refractivity contribution < 1.29 is 4.21 Å². The standard InChI is InChI=1S/C9H18N4OS/c1-3-5-13-9(11-8-12-13)7-10-4-6-15(2)14/h8,10H,3-7H2,1-2H3. The molecule has 1 rings (SSSR count). The minimum absolute atomic E-state index is 0.682. The van der Waals surface area contributed by atoms with Crippen LogP contribution in [0.3, 0.4) is 0 Å². The summed E-state index contributed by atoms with van der Waals surface area (Å²) in [6.45, 7) is 4.45. The van der Waals surface area contributed by atoms with E-state index in [0.29, 0.717) is 12.3 Å². The lowest BCUT2D eigenvalue weighted by Gasteiger charge is -2.05. The lowest BCUT2D eigenvalue weighted by atomic mass is 10.4. The van der Waals surface area contributed by atoms with E-state index in [1.165, 1.54) is 0 Å². The fraction of sp³-hybridized carbons (Fsp3) is 0.778. The number of nitrogens with zero attached hydrogens (tertiary/aromatic N) is 3. The summed E-state index contributed by atoms with van der Waals surface area (Å²) in [5.74, 6) is 1.63. The first-order valence-electron chi connectivity index (χ1n) is 5.11. The Morgan fingerprint density at radius 2 is 2.40 bits per heavy atom. The molecular weight excluding hydrogens is 212 g/mol. The first-order valence-corrected chi connectivity index (χ1v) is 6.84. The van der Waals surface area contributed by atoms with E-state index in [0.717, 1.165) is 25.3 Å². The van der Waals surface area contributed by atoms with E-state index in [-0.39, 0.29) is 0 Å². The Balaban J connectivity index is 2.30. The summed E-state index contributed by atoms with van der Waals surface area (Å²) >= 11 is 0. The molecular formula is C9H18N4OS. The van der Waals surface area contributed by atoms with Gasteiger partial charge in [0.05, 0.1) is 6.54 Å². The van der Waals surface area contributed by atoms with Crippen LogP contribution in [0.2, 0.25) is 0 Å². The van der Waals surface area contributed by atoms with Gasteiger partial charge >= 0.3 is 0 Å². The van der Waals surface area contributed by atoms with Crippen LogP contribution >= 0.6 is 0 Å². The van der Waals surface area contributed by atoms with Gasteiger partial charge in [0.15, 0.2) is 0 Å². The molecule has 0 aliphatic carbocycles. The predicted molar refractivity (Wildman–Crippen MR) is 61.0 cm³/mol. The summed E-state index contributed by atoms with van der Waals surface area (Å²) < 4.78 is 12.7. The molecule has 1 atom stereocenters. The van der Waals surface area contributed by atoms with Crippen molar-refractivity contribution in [3.8, 4) is 0 Å². The maximum Gasteiger partial charge on any atom is 0.140 e. The van der Waals surface area contributed by atoms with Crippen LogP contribution in [0.4, 0.5) is 0 Å². The third-order valence-corrected chi connectivity index (χ3v) is 2.76. The highest BCUT2D eigenvalue weighted by atomic mass is 32.2. The van der Waals surface area contributed by atoms with Crippen LogP contribution in [0, 0.1) is 0 Å². The van der Waals surface area contributed by atoms with Crippen LogP contribution in [0.25, 0.3) is 0 Å². The van der Waals surface area contributed by atoms with Gasteiger partial charge in [0, 0.05) is 35.9 Å². The summed E-state index contributed by atoms with van der Waals surface area (Å²) in [5, 5.41) is 7.33. The second kappa shape index (κ2) is 6.68. The maximum atomic E-state index is 10.8. The molecule has 6 heteroatoms. The summed E-state index contributed by atoms with van der Waals surface area (Å²) in [7, 11) is -0.728. The van der Waals surface area contributed by atoms with Crippen molar-refractivity contribution in [2.75, 3.05) is 18.6 Å². The Kier molecular flexibility index (Phi) is 5.49. The molecule has 1 unspecified atom stereocenters. The van der Waals surface area contributed by atoms with Gasteiger partial charge in [-0.25, -0.2) is 9.67 Å². The van der Waals surface area contributed by atoms with Crippen LogP contribution in [-0.4, -0.2) is 37.5 Å². The van der Waals surface area contributed by atoms with E-state index in [1.54, 1.807) is 12.6 Å².